The summed E-state index contributed by atoms with van der Waals surface area (Å²) in [7, 11) is 0. The van der Waals surface area contributed by atoms with Gasteiger partial charge < -0.3 is 0 Å². The molecule has 16 aromatic rings. The second-order valence-corrected chi connectivity index (χ2v) is 41.4. The number of hydrogen-bond acceptors (Lipinski definition) is 4. The maximum Gasteiger partial charge on any atom is 0.0705 e. The van der Waals surface area contributed by atoms with Crippen molar-refractivity contribution in [2.45, 2.75) is 187 Å². The molecule has 0 saturated heterocycles. The molecule has 0 N–H and O–H groups in total. The van der Waals surface area contributed by atoms with Crippen molar-refractivity contribution in [1.29, 1.82) is 0 Å². The molecule has 0 radical (unpaired) electrons. The van der Waals surface area contributed by atoms with E-state index in [1.165, 1.54) is 230 Å². The van der Waals surface area contributed by atoms with Gasteiger partial charge in [-0.3, -0.25) is 19.9 Å². The summed E-state index contributed by atoms with van der Waals surface area (Å²) in [5, 5.41) is 8.39. The molecule has 0 amide bonds. The zero-order chi connectivity index (χ0) is 81.5. The molecule has 12 aliphatic carbocycles. The third-order valence-electron chi connectivity index (χ3n) is 36.7. The lowest BCUT2D eigenvalue weighted by molar-refractivity contribution is 0.0786. The Kier molecular flexibility index (Phi) is 14.9. The number of nitrogens with zero attached hydrogens (tertiary/aromatic N) is 4. The lowest BCUT2D eigenvalue weighted by Crippen LogP contribution is -2.53. The molecule has 0 spiro atoms. The van der Waals surface area contributed by atoms with Crippen molar-refractivity contribution < 1.29 is 0 Å². The summed E-state index contributed by atoms with van der Waals surface area (Å²) in [5.74, 6) is 6.01. The molecule has 0 aliphatic heterocycles. The van der Waals surface area contributed by atoms with Crippen LogP contribution >= 0.6 is 0 Å². The fourth-order valence-electron chi connectivity index (χ4n) is 29.5. The molecule has 124 heavy (non-hydrogen) atoms. The zero-order valence-corrected chi connectivity index (χ0v) is 71.3. The molecule has 16 unspecified atom stereocenters. The van der Waals surface area contributed by atoms with E-state index in [4.69, 9.17) is 19.9 Å². The van der Waals surface area contributed by atoms with Crippen LogP contribution in [0.4, 0.5) is 0 Å². The number of rotatable bonds is 12. The van der Waals surface area contributed by atoms with Crippen LogP contribution in [0, 0.1) is 23.7 Å². The van der Waals surface area contributed by atoms with Gasteiger partial charge >= 0.3 is 0 Å². The Balaban J connectivity index is 0.681. The van der Waals surface area contributed by atoms with E-state index in [0.29, 0.717) is 71.0 Å². The van der Waals surface area contributed by atoms with Crippen molar-refractivity contribution in [1.82, 2.24) is 19.9 Å². The molecule has 6 saturated carbocycles. The summed E-state index contributed by atoms with van der Waals surface area (Å²) in [6.07, 6.45) is 23.4. The van der Waals surface area contributed by atoms with Gasteiger partial charge in [-0.15, -0.1) is 0 Å². The van der Waals surface area contributed by atoms with Gasteiger partial charge in [-0.1, -0.05) is 252 Å². The lowest BCUT2D eigenvalue weighted by Gasteiger charge is -2.59. The molecule has 16 atom stereocenters. The van der Waals surface area contributed by atoms with Crippen LogP contribution in [0.5, 0.6) is 0 Å². The molecule has 4 aromatic heterocycles. The van der Waals surface area contributed by atoms with Crippen LogP contribution in [0.1, 0.15) is 228 Å². The SMILES string of the molecule is CC1(c2ccc(-c3c4cc5c(cc4c(-c4ccc(C6(C)C7Cc8cc(-c9ccccc9)ncc8C6C7)cc4)c4c(-c6ccc(C7(C)C8Cc9nc(-c%10ccccc%10)ccc9C7C8)cc6)c6cc7c(cc6c(-c6ccc(C8(C)C9Cc%10cc(-c%11ccccc%11)ncc%10C8C9)cc6)c34)C3CCC7C3)C3CCC5C3)cc2)C2Cc3cc(-c4ccccc4)ncc3C1C2. The van der Waals surface area contributed by atoms with E-state index in [9.17, 15) is 0 Å². The van der Waals surface area contributed by atoms with Crippen LogP contribution in [-0.2, 0) is 47.3 Å². The molecule has 12 bridgehead atoms. The maximum atomic E-state index is 5.47. The van der Waals surface area contributed by atoms with Gasteiger partial charge in [0, 0.05) is 68.2 Å². The Bertz CT molecular complexity index is 6380. The van der Waals surface area contributed by atoms with Gasteiger partial charge in [0.05, 0.1) is 22.8 Å². The molecule has 28 rings (SSSR count). The monoisotopic (exact) mass is 1600 g/mol. The molecule has 6 fully saturated rings. The van der Waals surface area contributed by atoms with Crippen LogP contribution in [0.2, 0.25) is 0 Å². The standard InChI is InChI=1S/C120H100N4/c1-117(86-49-79-52-107(68-19-11-6-12-20-68)121-64-99(79)103(117)55-86)82-37-29-71(30-38-82)111-95-60-91-75-25-26-76(47-75)92(91)61-96(95)113(73-33-41-84(42-34-73)119(3)88-51-81-54-109(70-23-15-8-16-24-70)123-66-101(81)105(119)57-88)116-114(74-35-43-85(44-36-74)120(4)89-58-102(120)90-45-46-106(124-110(90)59-89)67-17-9-5-10-18-67)98-63-94-78-28-27-77(48-78)93(94)62-97(98)112(115(111)116)72-31-39-83(40-32-72)118(2)87-50-80-53-108(69-21-13-7-14-22-69)122-65-100(80)104(118)56-87/h5-24,29-46,52-54,60-66,75-78,86-89,102-105H,25-28,47-51,55-59H2,1-4H3. The van der Waals surface area contributed by atoms with E-state index in [0.717, 1.165) is 48.5 Å². The van der Waals surface area contributed by atoms with Gasteiger partial charge in [-0.25, -0.2) is 0 Å². The Morgan fingerprint density at radius 1 is 0.242 bits per heavy atom. The number of aromatic nitrogens is 4. The predicted molar refractivity (Wildman–Crippen MR) is 506 cm³/mol. The average molecular weight is 1600 g/mol. The van der Waals surface area contributed by atoms with E-state index in [2.05, 4.69) is 319 Å². The van der Waals surface area contributed by atoms with Gasteiger partial charge in [0.15, 0.2) is 0 Å². The van der Waals surface area contributed by atoms with Crippen LogP contribution in [0.25, 0.3) is 122 Å². The van der Waals surface area contributed by atoms with Crippen molar-refractivity contribution in [2.75, 3.05) is 0 Å². The molecule has 4 nitrogen and oxygen atoms in total. The Morgan fingerprint density at radius 2 is 0.516 bits per heavy atom. The number of benzene rings is 12. The molecule has 12 aliphatic rings. The first kappa shape index (κ1) is 71.4. The molecule has 12 aromatic carbocycles. The van der Waals surface area contributed by atoms with Crippen molar-refractivity contribution >= 4 is 32.3 Å². The van der Waals surface area contributed by atoms with E-state index < -0.39 is 0 Å². The first-order valence-electron chi connectivity index (χ1n) is 47.1. The average Bonchev–Trinajstić information content (AvgIpc) is 1.14. The summed E-state index contributed by atoms with van der Waals surface area (Å²) in [5.41, 5.74) is 43.6. The molecule has 4 heterocycles. The summed E-state index contributed by atoms with van der Waals surface area (Å²) in [4.78, 5) is 21.2. The topological polar surface area (TPSA) is 51.6 Å². The highest BCUT2D eigenvalue weighted by Crippen LogP contribution is 2.70. The smallest absolute Gasteiger partial charge is 0.0705 e. The zero-order valence-electron chi connectivity index (χ0n) is 71.3. The second-order valence-electron chi connectivity index (χ2n) is 41.4. The van der Waals surface area contributed by atoms with Gasteiger partial charge in [0.1, 0.15) is 0 Å². The van der Waals surface area contributed by atoms with Crippen molar-refractivity contribution in [3.63, 3.8) is 0 Å². The minimum atomic E-state index is -0.0219. The Morgan fingerprint density at radius 3 is 0.815 bits per heavy atom. The van der Waals surface area contributed by atoms with Crippen LogP contribution < -0.4 is 0 Å². The van der Waals surface area contributed by atoms with E-state index in [1.54, 1.807) is 22.3 Å². The first-order valence-corrected chi connectivity index (χ1v) is 47.1. The lowest BCUT2D eigenvalue weighted by atomic mass is 9.44. The molecule has 4 heteroatoms. The van der Waals surface area contributed by atoms with Gasteiger partial charge in [-0.2, -0.15) is 0 Å². The summed E-state index contributed by atoms with van der Waals surface area (Å²) >= 11 is 0. The van der Waals surface area contributed by atoms with Crippen LogP contribution in [0.15, 0.2) is 292 Å². The molecule has 600 valence electrons. The highest BCUT2D eigenvalue weighted by atomic mass is 14.8. The highest BCUT2D eigenvalue weighted by molar-refractivity contribution is 6.34. The van der Waals surface area contributed by atoms with Crippen LogP contribution in [0.3, 0.4) is 0 Å². The third kappa shape index (κ3) is 9.76. The van der Waals surface area contributed by atoms with E-state index in [-0.39, 0.29) is 21.7 Å². The Labute approximate surface area is 727 Å². The maximum absolute atomic E-state index is 5.47. The minimum Gasteiger partial charge on any atom is -0.256 e. The summed E-state index contributed by atoms with van der Waals surface area (Å²) in [6.45, 7) is 10.4. The van der Waals surface area contributed by atoms with Crippen molar-refractivity contribution in [3.8, 4) is 89.5 Å². The first-order chi connectivity index (χ1) is 60.9. The fourth-order valence-corrected chi connectivity index (χ4v) is 29.5. The third-order valence-corrected chi connectivity index (χ3v) is 36.7. The van der Waals surface area contributed by atoms with Crippen LogP contribution in [-0.4, -0.2) is 19.9 Å². The largest absolute Gasteiger partial charge is 0.256 e. The predicted octanol–water partition coefficient (Wildman–Crippen LogP) is 29.3. The van der Waals surface area contributed by atoms with E-state index in [1.807, 2.05) is 0 Å². The number of fused-ring (bicyclic) bond motifs is 29. The summed E-state index contributed by atoms with van der Waals surface area (Å²) in [6, 6.07) is 108. The Hall–Kier alpha value is -12.0. The molecular formula is C120H100N4. The van der Waals surface area contributed by atoms with Crippen molar-refractivity contribution in [2.24, 2.45) is 23.7 Å². The minimum absolute atomic E-state index is 0.0219. The van der Waals surface area contributed by atoms with Gasteiger partial charge in [0.25, 0.3) is 0 Å². The normalized spacial score (nSPS) is 28.3. The van der Waals surface area contributed by atoms with E-state index >= 15 is 0 Å². The number of pyridine rings is 4. The number of hydrogen-bond donors (Lipinski definition) is 0. The van der Waals surface area contributed by atoms with Gasteiger partial charge in [0.2, 0.25) is 0 Å². The second kappa shape index (κ2) is 25.8. The summed E-state index contributed by atoms with van der Waals surface area (Å²) < 4.78 is 0. The fraction of sp³-hybridized carbons (Fsp3) is 0.283. The highest BCUT2D eigenvalue weighted by Gasteiger charge is 2.61. The molecular weight excluding hydrogens is 1500 g/mol. The van der Waals surface area contributed by atoms with Gasteiger partial charge in [-0.05, 0) is 370 Å². The quantitative estimate of drug-likeness (QED) is 0.114. The van der Waals surface area contributed by atoms with Crippen molar-refractivity contribution in [3.05, 3.63) is 381 Å².